The van der Waals surface area contributed by atoms with Crippen molar-refractivity contribution in [1.82, 2.24) is 19.8 Å². The third-order valence-corrected chi connectivity index (χ3v) is 2.92. The molecular weight excluding hydrogens is 260 g/mol. The second-order valence-electron chi connectivity index (χ2n) is 5.58. The van der Waals surface area contributed by atoms with Crippen molar-refractivity contribution >= 4 is 12.0 Å². The lowest BCUT2D eigenvalue weighted by Gasteiger charge is -2.35. The van der Waals surface area contributed by atoms with E-state index < -0.39 is 11.5 Å². The molecule has 0 spiro atoms. The van der Waals surface area contributed by atoms with Crippen LogP contribution >= 0.6 is 0 Å². The Morgan fingerprint density at radius 2 is 2.10 bits per heavy atom. The zero-order valence-electron chi connectivity index (χ0n) is 12.4. The van der Waals surface area contributed by atoms with Gasteiger partial charge in [-0.1, -0.05) is 0 Å². The van der Waals surface area contributed by atoms with Crippen LogP contribution in [0.1, 0.15) is 33.0 Å². The number of hydrogen-bond acceptors (Lipinski definition) is 3. The summed E-state index contributed by atoms with van der Waals surface area (Å²) in [6.45, 7) is 6.09. The summed E-state index contributed by atoms with van der Waals surface area (Å²) in [5.41, 5.74) is -0.443. The molecule has 2 amide bonds. The number of aliphatic carboxylic acids is 1. The predicted molar refractivity (Wildman–Crippen MR) is 74.2 cm³/mol. The first kappa shape index (κ1) is 16.0. The number of aryl methyl sites for hydroxylation is 1. The number of carboxylic acid groups (broad SMARTS) is 1. The van der Waals surface area contributed by atoms with Crippen molar-refractivity contribution < 1.29 is 14.7 Å². The zero-order chi connectivity index (χ0) is 15.3. The Hall–Kier alpha value is -2.05. The van der Waals surface area contributed by atoms with Gasteiger partial charge in [0, 0.05) is 31.5 Å². The minimum atomic E-state index is -0.920. The van der Waals surface area contributed by atoms with E-state index >= 15 is 0 Å². The van der Waals surface area contributed by atoms with Crippen LogP contribution in [-0.2, 0) is 18.4 Å². The van der Waals surface area contributed by atoms with E-state index in [1.165, 1.54) is 4.90 Å². The highest BCUT2D eigenvalue weighted by atomic mass is 16.4. The van der Waals surface area contributed by atoms with Crippen molar-refractivity contribution in [3.05, 3.63) is 18.2 Å². The molecule has 0 aliphatic rings. The number of hydrogen-bond donors (Lipinski definition) is 2. The van der Waals surface area contributed by atoms with Gasteiger partial charge in [0.05, 0.1) is 13.0 Å². The van der Waals surface area contributed by atoms with E-state index in [2.05, 4.69) is 10.3 Å². The summed E-state index contributed by atoms with van der Waals surface area (Å²) in [5.74, 6) is -0.179. The van der Waals surface area contributed by atoms with Gasteiger partial charge in [-0.3, -0.25) is 4.79 Å². The number of urea groups is 1. The van der Waals surface area contributed by atoms with E-state index in [4.69, 9.17) is 5.11 Å². The minimum Gasteiger partial charge on any atom is -0.481 e. The molecular formula is C13H22N4O3. The molecule has 112 valence electrons. The van der Waals surface area contributed by atoms with Crippen molar-refractivity contribution in [3.8, 4) is 0 Å². The van der Waals surface area contributed by atoms with Crippen LogP contribution in [0.3, 0.4) is 0 Å². The molecule has 0 radical (unpaired) electrons. The number of nitrogens with one attached hydrogen (secondary N) is 1. The van der Waals surface area contributed by atoms with Crippen LogP contribution in [0.25, 0.3) is 0 Å². The monoisotopic (exact) mass is 282 g/mol. The first-order valence-electron chi connectivity index (χ1n) is 6.45. The summed E-state index contributed by atoms with van der Waals surface area (Å²) in [6.07, 6.45) is 3.38. The highest BCUT2D eigenvalue weighted by Crippen LogP contribution is 2.14. The van der Waals surface area contributed by atoms with Crippen LogP contribution in [0, 0.1) is 0 Å². The molecule has 0 atom stereocenters. The summed E-state index contributed by atoms with van der Waals surface area (Å²) < 4.78 is 1.82. The Bertz CT molecular complexity index is 476. The molecule has 7 nitrogen and oxygen atoms in total. The highest BCUT2D eigenvalue weighted by molar-refractivity contribution is 5.76. The number of imidazole rings is 1. The summed E-state index contributed by atoms with van der Waals surface area (Å²) in [5, 5.41) is 11.5. The smallest absolute Gasteiger partial charge is 0.318 e. The molecule has 0 fully saturated rings. The predicted octanol–water partition coefficient (Wildman–Crippen LogP) is 1.20. The minimum absolute atomic E-state index is 0.0763. The van der Waals surface area contributed by atoms with Crippen LogP contribution in [-0.4, -0.2) is 43.6 Å². The number of carbonyl (C=O) groups is 2. The molecule has 7 heteroatoms. The van der Waals surface area contributed by atoms with E-state index in [0.29, 0.717) is 6.54 Å². The first-order valence-corrected chi connectivity index (χ1v) is 6.45. The summed E-state index contributed by atoms with van der Waals surface area (Å²) >= 11 is 0. The van der Waals surface area contributed by atoms with Gasteiger partial charge < -0.3 is 19.9 Å². The number of rotatable bonds is 5. The summed E-state index contributed by atoms with van der Waals surface area (Å²) in [4.78, 5) is 28.5. The molecule has 0 aliphatic heterocycles. The van der Waals surface area contributed by atoms with Crippen LogP contribution in [0.2, 0.25) is 0 Å². The van der Waals surface area contributed by atoms with Crippen molar-refractivity contribution in [2.75, 3.05) is 6.54 Å². The number of amides is 2. The van der Waals surface area contributed by atoms with Gasteiger partial charge in [0.15, 0.2) is 0 Å². The van der Waals surface area contributed by atoms with Gasteiger partial charge >= 0.3 is 12.0 Å². The Morgan fingerprint density at radius 1 is 1.45 bits per heavy atom. The van der Waals surface area contributed by atoms with Gasteiger partial charge in [0.2, 0.25) is 0 Å². The molecule has 1 rings (SSSR count). The molecule has 0 aliphatic carbocycles. The molecule has 0 aromatic carbocycles. The van der Waals surface area contributed by atoms with Gasteiger partial charge in [0.25, 0.3) is 0 Å². The third-order valence-electron chi connectivity index (χ3n) is 2.92. The second kappa shape index (κ2) is 6.40. The topological polar surface area (TPSA) is 87.5 Å². The first-order chi connectivity index (χ1) is 9.21. The lowest BCUT2D eigenvalue weighted by Crippen LogP contribution is -2.51. The van der Waals surface area contributed by atoms with Crippen LogP contribution in [0.15, 0.2) is 12.4 Å². The van der Waals surface area contributed by atoms with E-state index in [9.17, 15) is 9.59 Å². The van der Waals surface area contributed by atoms with Crippen LogP contribution in [0.4, 0.5) is 4.79 Å². The summed E-state index contributed by atoms with van der Waals surface area (Å²) in [6, 6.07) is -0.290. The van der Waals surface area contributed by atoms with Crippen molar-refractivity contribution in [3.63, 3.8) is 0 Å². The normalized spacial score (nSPS) is 11.2. The Morgan fingerprint density at radius 3 is 2.55 bits per heavy atom. The van der Waals surface area contributed by atoms with Gasteiger partial charge in [-0.05, 0) is 20.8 Å². The maximum atomic E-state index is 12.2. The molecule has 1 aromatic rings. The fourth-order valence-electron chi connectivity index (χ4n) is 1.77. The Labute approximate surface area is 118 Å². The van der Waals surface area contributed by atoms with E-state index in [1.807, 2.05) is 32.4 Å². The molecule has 0 saturated carbocycles. The van der Waals surface area contributed by atoms with Crippen LogP contribution < -0.4 is 5.32 Å². The molecule has 1 heterocycles. The van der Waals surface area contributed by atoms with Crippen LogP contribution in [0.5, 0.6) is 0 Å². The number of carbonyl (C=O) groups excluding carboxylic acids is 1. The van der Waals surface area contributed by atoms with Crippen molar-refractivity contribution in [1.29, 1.82) is 0 Å². The van der Waals surface area contributed by atoms with E-state index in [0.717, 1.165) is 5.82 Å². The Kier molecular flexibility index (Phi) is 5.12. The molecule has 1 aromatic heterocycles. The molecule has 0 saturated heterocycles. The Balaban J connectivity index is 2.64. The highest BCUT2D eigenvalue weighted by Gasteiger charge is 2.26. The lowest BCUT2D eigenvalue weighted by atomic mass is 10.1. The maximum Gasteiger partial charge on any atom is 0.318 e. The standard InChI is InChI=1S/C13H22N4O3/c1-13(2,3)17(7-5-11(18)19)12(20)15-9-10-14-6-8-16(10)4/h6,8H,5,7,9H2,1-4H3,(H,15,20)(H,18,19). The molecule has 0 unspecified atom stereocenters. The fourth-order valence-corrected chi connectivity index (χ4v) is 1.77. The third kappa shape index (κ3) is 4.56. The SMILES string of the molecule is Cn1ccnc1CNC(=O)N(CCC(=O)O)C(C)(C)C. The second-order valence-corrected chi connectivity index (χ2v) is 5.58. The van der Waals surface area contributed by atoms with E-state index in [1.54, 1.807) is 12.4 Å². The average molecular weight is 282 g/mol. The van der Waals surface area contributed by atoms with Gasteiger partial charge in [-0.15, -0.1) is 0 Å². The number of nitrogens with zero attached hydrogens (tertiary/aromatic N) is 3. The van der Waals surface area contributed by atoms with Gasteiger partial charge in [-0.2, -0.15) is 0 Å². The lowest BCUT2D eigenvalue weighted by molar-refractivity contribution is -0.137. The fraction of sp³-hybridized carbons (Fsp3) is 0.615. The van der Waals surface area contributed by atoms with Crippen molar-refractivity contribution in [2.24, 2.45) is 7.05 Å². The number of carboxylic acids is 1. The number of aromatic nitrogens is 2. The molecule has 0 bridgehead atoms. The molecule has 20 heavy (non-hydrogen) atoms. The quantitative estimate of drug-likeness (QED) is 0.849. The van der Waals surface area contributed by atoms with Gasteiger partial charge in [0.1, 0.15) is 5.82 Å². The van der Waals surface area contributed by atoms with Gasteiger partial charge in [-0.25, -0.2) is 9.78 Å². The van der Waals surface area contributed by atoms with Crippen molar-refractivity contribution in [2.45, 2.75) is 39.3 Å². The largest absolute Gasteiger partial charge is 0.481 e. The average Bonchev–Trinajstić information content (AvgIpc) is 2.70. The maximum absolute atomic E-state index is 12.2. The molecule has 2 N–H and O–H groups in total. The summed E-state index contributed by atoms with van der Waals surface area (Å²) in [7, 11) is 1.85. The van der Waals surface area contributed by atoms with E-state index in [-0.39, 0.29) is 19.0 Å². The zero-order valence-corrected chi connectivity index (χ0v) is 12.4.